The molecule has 0 spiro atoms. The van der Waals surface area contributed by atoms with E-state index >= 15 is 0 Å². The minimum absolute atomic E-state index is 0.387. The lowest BCUT2D eigenvalue weighted by Crippen LogP contribution is -2.20. The monoisotopic (exact) mass is 269 g/mol. The summed E-state index contributed by atoms with van der Waals surface area (Å²) in [5.74, 6) is 1.07. The van der Waals surface area contributed by atoms with Crippen LogP contribution in [0.2, 0.25) is 0 Å². The van der Waals surface area contributed by atoms with E-state index in [9.17, 15) is 0 Å². The van der Waals surface area contributed by atoms with Crippen molar-refractivity contribution in [1.29, 1.82) is 5.26 Å². The van der Waals surface area contributed by atoms with Gasteiger partial charge in [0.2, 0.25) is 0 Å². The lowest BCUT2D eigenvalue weighted by molar-refractivity contribution is 0.0111. The molecule has 0 radical (unpaired) electrons. The van der Waals surface area contributed by atoms with Crippen LogP contribution in [0.15, 0.2) is 18.2 Å². The van der Waals surface area contributed by atoms with Gasteiger partial charge in [-0.25, -0.2) is 4.98 Å². The molecule has 0 N–H and O–H groups in total. The number of nitriles is 1. The molecule has 0 bridgehead atoms. The molecule has 1 fully saturated rings. The Hall–Kier alpha value is -1.86. The summed E-state index contributed by atoms with van der Waals surface area (Å²) in [6, 6.07) is 7.84. The average Bonchev–Trinajstić information content (AvgIpc) is 2.82. The van der Waals surface area contributed by atoms with Crippen LogP contribution < -0.4 is 0 Å². The van der Waals surface area contributed by atoms with Crippen LogP contribution in [0.4, 0.5) is 0 Å². The van der Waals surface area contributed by atoms with Crippen molar-refractivity contribution in [2.75, 3.05) is 6.61 Å². The Kier molecular flexibility index (Phi) is 3.70. The van der Waals surface area contributed by atoms with Gasteiger partial charge in [0, 0.05) is 20.1 Å². The fraction of sp³-hybridized carbons (Fsp3) is 0.500. The van der Waals surface area contributed by atoms with Crippen LogP contribution in [-0.2, 0) is 18.2 Å². The van der Waals surface area contributed by atoms with Crippen LogP contribution in [-0.4, -0.2) is 22.3 Å². The molecule has 1 unspecified atom stereocenters. The first-order chi connectivity index (χ1) is 9.78. The first kappa shape index (κ1) is 13.1. The summed E-state index contributed by atoms with van der Waals surface area (Å²) in [6.07, 6.45) is 5.99. The third-order valence-electron chi connectivity index (χ3n) is 4.07. The number of aryl methyl sites for hydroxylation is 2. The van der Waals surface area contributed by atoms with Crippen molar-refractivity contribution in [3.8, 4) is 6.07 Å². The van der Waals surface area contributed by atoms with E-state index < -0.39 is 0 Å². The second kappa shape index (κ2) is 5.64. The number of aromatic nitrogens is 2. The number of rotatable bonds is 3. The van der Waals surface area contributed by atoms with Crippen LogP contribution in [0.5, 0.6) is 0 Å². The van der Waals surface area contributed by atoms with E-state index in [0.29, 0.717) is 11.7 Å². The maximum Gasteiger partial charge on any atom is 0.109 e. The lowest BCUT2D eigenvalue weighted by atomic mass is 10.0. The van der Waals surface area contributed by atoms with Gasteiger partial charge >= 0.3 is 0 Å². The minimum Gasteiger partial charge on any atom is -0.378 e. The third kappa shape index (κ3) is 2.54. The average molecular weight is 269 g/mol. The van der Waals surface area contributed by atoms with E-state index in [2.05, 4.69) is 15.6 Å². The molecular weight excluding hydrogens is 250 g/mol. The molecule has 1 aliphatic rings. The van der Waals surface area contributed by atoms with Crippen LogP contribution in [0.25, 0.3) is 11.0 Å². The number of hydrogen-bond acceptors (Lipinski definition) is 3. The summed E-state index contributed by atoms with van der Waals surface area (Å²) >= 11 is 0. The van der Waals surface area contributed by atoms with Gasteiger partial charge in [-0.2, -0.15) is 5.26 Å². The van der Waals surface area contributed by atoms with Crippen molar-refractivity contribution in [3.05, 3.63) is 29.6 Å². The molecule has 0 aliphatic carbocycles. The Bertz CT molecular complexity index is 648. The summed E-state index contributed by atoms with van der Waals surface area (Å²) in [7, 11) is 2.04. The molecule has 20 heavy (non-hydrogen) atoms. The quantitative estimate of drug-likeness (QED) is 0.860. The zero-order valence-corrected chi connectivity index (χ0v) is 11.8. The van der Waals surface area contributed by atoms with Crippen molar-refractivity contribution in [2.24, 2.45) is 7.05 Å². The summed E-state index contributed by atoms with van der Waals surface area (Å²) in [5, 5.41) is 8.95. The first-order valence-electron chi connectivity index (χ1n) is 7.25. The van der Waals surface area contributed by atoms with E-state index in [-0.39, 0.29) is 0 Å². The number of nitrogens with zero attached hydrogens (tertiary/aromatic N) is 3. The molecule has 4 nitrogen and oxygen atoms in total. The number of benzene rings is 1. The van der Waals surface area contributed by atoms with Crippen LogP contribution >= 0.6 is 0 Å². The van der Waals surface area contributed by atoms with Gasteiger partial charge in [-0.3, -0.25) is 0 Å². The SMILES string of the molecule is Cn1c(CCC2CCCCO2)nc2cc(C#N)ccc21. The summed E-state index contributed by atoms with van der Waals surface area (Å²) in [4.78, 5) is 4.66. The summed E-state index contributed by atoms with van der Waals surface area (Å²) in [6.45, 7) is 0.902. The van der Waals surface area contributed by atoms with Crippen molar-refractivity contribution >= 4 is 11.0 Å². The van der Waals surface area contributed by atoms with Gasteiger partial charge in [0.1, 0.15) is 5.82 Å². The zero-order valence-electron chi connectivity index (χ0n) is 11.8. The third-order valence-corrected chi connectivity index (χ3v) is 4.07. The Balaban J connectivity index is 1.77. The van der Waals surface area contributed by atoms with E-state index in [1.165, 1.54) is 19.3 Å². The van der Waals surface area contributed by atoms with Gasteiger partial charge in [-0.1, -0.05) is 0 Å². The highest BCUT2D eigenvalue weighted by Crippen LogP contribution is 2.20. The fourth-order valence-corrected chi connectivity index (χ4v) is 2.87. The van der Waals surface area contributed by atoms with E-state index in [1.54, 1.807) is 0 Å². The highest BCUT2D eigenvalue weighted by atomic mass is 16.5. The van der Waals surface area contributed by atoms with Crippen LogP contribution in [0, 0.1) is 11.3 Å². The van der Waals surface area contributed by atoms with Gasteiger partial charge in [-0.05, 0) is 43.9 Å². The zero-order chi connectivity index (χ0) is 13.9. The predicted octanol–water partition coefficient (Wildman–Crippen LogP) is 2.95. The van der Waals surface area contributed by atoms with Crippen LogP contribution in [0.3, 0.4) is 0 Å². The molecule has 3 rings (SSSR count). The molecule has 4 heteroatoms. The Labute approximate surface area is 119 Å². The lowest BCUT2D eigenvalue weighted by Gasteiger charge is -2.22. The molecule has 0 saturated carbocycles. The molecular formula is C16H19N3O. The van der Waals surface area contributed by atoms with E-state index in [0.717, 1.165) is 36.3 Å². The fourth-order valence-electron chi connectivity index (χ4n) is 2.87. The second-order valence-electron chi connectivity index (χ2n) is 5.43. The van der Waals surface area contributed by atoms with Gasteiger partial charge in [0.05, 0.1) is 28.8 Å². The standard InChI is InChI=1S/C16H19N3O/c1-19-15-7-5-12(11-17)10-14(15)18-16(19)8-6-13-4-2-3-9-20-13/h5,7,10,13H,2-4,6,8-9H2,1H3. The smallest absolute Gasteiger partial charge is 0.109 e. The minimum atomic E-state index is 0.387. The summed E-state index contributed by atoms with van der Waals surface area (Å²) < 4.78 is 7.89. The van der Waals surface area contributed by atoms with Gasteiger partial charge < -0.3 is 9.30 Å². The molecule has 1 aromatic carbocycles. The number of ether oxygens (including phenoxy) is 1. The molecule has 1 aliphatic heterocycles. The van der Waals surface area contributed by atoms with Crippen molar-refractivity contribution in [2.45, 2.75) is 38.2 Å². The molecule has 104 valence electrons. The van der Waals surface area contributed by atoms with Gasteiger partial charge in [-0.15, -0.1) is 0 Å². The van der Waals surface area contributed by atoms with Gasteiger partial charge in [0.25, 0.3) is 0 Å². The summed E-state index contributed by atoms with van der Waals surface area (Å²) in [5.41, 5.74) is 2.66. The van der Waals surface area contributed by atoms with Gasteiger partial charge in [0.15, 0.2) is 0 Å². The molecule has 1 atom stereocenters. The van der Waals surface area contributed by atoms with Crippen molar-refractivity contribution in [3.63, 3.8) is 0 Å². The first-order valence-corrected chi connectivity index (χ1v) is 7.25. The maximum absolute atomic E-state index is 8.95. The number of imidazole rings is 1. The highest BCUT2D eigenvalue weighted by Gasteiger charge is 2.15. The van der Waals surface area contributed by atoms with Crippen molar-refractivity contribution in [1.82, 2.24) is 9.55 Å². The largest absolute Gasteiger partial charge is 0.378 e. The Morgan fingerprint density at radius 2 is 2.35 bits per heavy atom. The molecule has 2 heterocycles. The van der Waals surface area contributed by atoms with E-state index in [1.807, 2.05) is 25.2 Å². The normalized spacial score (nSPS) is 19.1. The number of hydrogen-bond donors (Lipinski definition) is 0. The molecule has 0 amide bonds. The Morgan fingerprint density at radius 3 is 3.10 bits per heavy atom. The van der Waals surface area contributed by atoms with E-state index in [4.69, 9.17) is 10.00 Å². The number of fused-ring (bicyclic) bond motifs is 1. The molecule has 2 aromatic rings. The maximum atomic E-state index is 8.95. The van der Waals surface area contributed by atoms with Crippen molar-refractivity contribution < 1.29 is 4.74 Å². The molecule has 1 saturated heterocycles. The topological polar surface area (TPSA) is 50.8 Å². The molecule has 1 aromatic heterocycles. The Morgan fingerprint density at radius 1 is 1.45 bits per heavy atom. The predicted molar refractivity (Wildman–Crippen MR) is 77.3 cm³/mol. The second-order valence-corrected chi connectivity index (χ2v) is 5.43. The van der Waals surface area contributed by atoms with Crippen LogP contribution in [0.1, 0.15) is 37.1 Å². The highest BCUT2D eigenvalue weighted by molar-refractivity contribution is 5.77.